The lowest BCUT2D eigenvalue weighted by Crippen LogP contribution is -2.46. The monoisotopic (exact) mass is 343 g/mol. The van der Waals surface area contributed by atoms with E-state index in [0.717, 1.165) is 17.1 Å². The highest BCUT2D eigenvalue weighted by molar-refractivity contribution is 5.78. The number of aromatic nitrogens is 3. The summed E-state index contributed by atoms with van der Waals surface area (Å²) in [4.78, 5) is 25.2. The van der Waals surface area contributed by atoms with E-state index < -0.39 is 0 Å². The van der Waals surface area contributed by atoms with Crippen LogP contribution in [0.15, 0.2) is 30.7 Å². The molecule has 3 heterocycles. The second kappa shape index (κ2) is 7.76. The molecule has 1 amide bonds. The van der Waals surface area contributed by atoms with Gasteiger partial charge >= 0.3 is 0 Å². The Morgan fingerprint density at radius 2 is 2.32 bits per heavy atom. The standard InChI is InChI=1S/C18H25N5O2/c1-14-10-22(3)18(20-14)16-12-23(7-8-25-16)17(24)13-21(2)11-15-5-4-6-19-9-15/h4-6,9-10,16H,7-8,11-13H2,1-3H3. The minimum Gasteiger partial charge on any atom is -0.367 e. The third-order valence-corrected chi connectivity index (χ3v) is 4.32. The highest BCUT2D eigenvalue weighted by atomic mass is 16.5. The number of ether oxygens (including phenoxy) is 1. The summed E-state index contributed by atoms with van der Waals surface area (Å²) in [6.45, 7) is 4.74. The molecule has 2 aromatic rings. The number of aryl methyl sites for hydroxylation is 2. The third-order valence-electron chi connectivity index (χ3n) is 4.32. The molecule has 0 bridgehead atoms. The van der Waals surface area contributed by atoms with Crippen molar-refractivity contribution in [1.82, 2.24) is 24.3 Å². The van der Waals surface area contributed by atoms with Gasteiger partial charge in [-0.25, -0.2) is 4.98 Å². The van der Waals surface area contributed by atoms with Gasteiger partial charge in [-0.15, -0.1) is 0 Å². The Hall–Kier alpha value is -2.25. The average Bonchev–Trinajstić information content (AvgIpc) is 2.94. The minimum absolute atomic E-state index is 0.116. The largest absolute Gasteiger partial charge is 0.367 e. The van der Waals surface area contributed by atoms with Crippen molar-refractivity contribution in [3.05, 3.63) is 47.8 Å². The molecule has 1 unspecified atom stereocenters. The number of hydrogen-bond acceptors (Lipinski definition) is 5. The maximum Gasteiger partial charge on any atom is 0.236 e. The van der Waals surface area contributed by atoms with Crippen LogP contribution in [0.4, 0.5) is 0 Å². The van der Waals surface area contributed by atoms with E-state index in [4.69, 9.17) is 4.74 Å². The van der Waals surface area contributed by atoms with E-state index in [9.17, 15) is 4.79 Å². The lowest BCUT2D eigenvalue weighted by atomic mass is 10.2. The fraction of sp³-hybridized carbons (Fsp3) is 0.500. The average molecular weight is 343 g/mol. The molecule has 7 nitrogen and oxygen atoms in total. The number of carbonyl (C=O) groups excluding carboxylic acids is 1. The Kier molecular flexibility index (Phi) is 5.45. The van der Waals surface area contributed by atoms with Crippen LogP contribution >= 0.6 is 0 Å². The van der Waals surface area contributed by atoms with E-state index in [-0.39, 0.29) is 12.0 Å². The van der Waals surface area contributed by atoms with Gasteiger partial charge < -0.3 is 14.2 Å². The molecule has 0 spiro atoms. The summed E-state index contributed by atoms with van der Waals surface area (Å²) < 4.78 is 7.81. The summed E-state index contributed by atoms with van der Waals surface area (Å²) in [6.07, 6.45) is 5.39. The van der Waals surface area contributed by atoms with Gasteiger partial charge in [-0.2, -0.15) is 0 Å². The number of rotatable bonds is 5. The van der Waals surface area contributed by atoms with Crippen LogP contribution in [-0.2, 0) is 23.1 Å². The minimum atomic E-state index is -0.167. The van der Waals surface area contributed by atoms with Crippen molar-refractivity contribution < 1.29 is 9.53 Å². The van der Waals surface area contributed by atoms with E-state index >= 15 is 0 Å². The molecule has 3 rings (SSSR count). The fourth-order valence-electron chi connectivity index (χ4n) is 3.16. The van der Waals surface area contributed by atoms with Crippen molar-refractivity contribution in [2.45, 2.75) is 19.6 Å². The number of pyridine rings is 1. The number of likely N-dealkylation sites (N-methyl/N-ethyl adjacent to an activating group) is 1. The second-order valence-electron chi connectivity index (χ2n) is 6.58. The number of nitrogens with zero attached hydrogens (tertiary/aromatic N) is 5. The molecule has 1 atom stereocenters. The van der Waals surface area contributed by atoms with Gasteiger partial charge in [0.1, 0.15) is 11.9 Å². The van der Waals surface area contributed by atoms with Crippen LogP contribution < -0.4 is 0 Å². The van der Waals surface area contributed by atoms with Gasteiger partial charge in [0.15, 0.2) is 0 Å². The van der Waals surface area contributed by atoms with Gasteiger partial charge in [0, 0.05) is 38.7 Å². The van der Waals surface area contributed by atoms with E-state index in [0.29, 0.717) is 32.8 Å². The van der Waals surface area contributed by atoms with Crippen molar-refractivity contribution in [1.29, 1.82) is 0 Å². The number of carbonyl (C=O) groups is 1. The normalized spacial score (nSPS) is 17.9. The van der Waals surface area contributed by atoms with Gasteiger partial charge in [0.2, 0.25) is 5.91 Å². The first-order valence-corrected chi connectivity index (χ1v) is 8.49. The predicted molar refractivity (Wildman–Crippen MR) is 93.8 cm³/mol. The van der Waals surface area contributed by atoms with E-state index in [1.807, 2.05) is 59.9 Å². The molecule has 0 radical (unpaired) electrons. The first-order chi connectivity index (χ1) is 12.0. The molecule has 25 heavy (non-hydrogen) atoms. The molecule has 1 saturated heterocycles. The molecule has 1 aliphatic rings. The molecule has 0 aromatic carbocycles. The first-order valence-electron chi connectivity index (χ1n) is 8.49. The molecule has 1 fully saturated rings. The highest BCUT2D eigenvalue weighted by Gasteiger charge is 2.28. The summed E-state index contributed by atoms with van der Waals surface area (Å²) in [6, 6.07) is 3.93. The van der Waals surface area contributed by atoms with Gasteiger partial charge in [-0.3, -0.25) is 14.7 Å². The van der Waals surface area contributed by atoms with Crippen LogP contribution in [0, 0.1) is 6.92 Å². The molecule has 0 saturated carbocycles. The number of amides is 1. The van der Waals surface area contributed by atoms with Crippen molar-refractivity contribution in [3.63, 3.8) is 0 Å². The number of morpholine rings is 1. The quantitative estimate of drug-likeness (QED) is 0.815. The summed E-state index contributed by atoms with van der Waals surface area (Å²) in [5.41, 5.74) is 2.06. The molecule has 0 N–H and O–H groups in total. The number of hydrogen-bond donors (Lipinski definition) is 0. The van der Waals surface area contributed by atoms with E-state index in [1.165, 1.54) is 0 Å². The van der Waals surface area contributed by atoms with Crippen LogP contribution in [0.2, 0.25) is 0 Å². The van der Waals surface area contributed by atoms with Crippen molar-refractivity contribution in [3.8, 4) is 0 Å². The van der Waals surface area contributed by atoms with Gasteiger partial charge in [0.05, 0.1) is 25.4 Å². The van der Waals surface area contributed by atoms with Gasteiger partial charge in [-0.1, -0.05) is 6.07 Å². The topological polar surface area (TPSA) is 63.5 Å². The van der Waals surface area contributed by atoms with Crippen LogP contribution in [-0.4, -0.2) is 63.5 Å². The molecule has 2 aromatic heterocycles. The summed E-state index contributed by atoms with van der Waals surface area (Å²) in [5.74, 6) is 0.990. The van der Waals surface area contributed by atoms with Crippen LogP contribution in [0.5, 0.6) is 0 Å². The predicted octanol–water partition coefficient (Wildman–Crippen LogP) is 1.16. The molecule has 1 aliphatic heterocycles. The lowest BCUT2D eigenvalue weighted by Gasteiger charge is -2.33. The van der Waals surface area contributed by atoms with Gasteiger partial charge in [-0.05, 0) is 25.6 Å². The fourth-order valence-corrected chi connectivity index (χ4v) is 3.16. The Morgan fingerprint density at radius 1 is 1.48 bits per heavy atom. The first kappa shape index (κ1) is 17.6. The lowest BCUT2D eigenvalue weighted by molar-refractivity contribution is -0.140. The number of imidazole rings is 1. The zero-order valence-electron chi connectivity index (χ0n) is 15.1. The van der Waals surface area contributed by atoms with E-state index in [2.05, 4.69) is 9.97 Å². The Labute approximate surface area is 148 Å². The maximum absolute atomic E-state index is 12.7. The SMILES string of the molecule is Cc1cn(C)c(C2CN(C(=O)CN(C)Cc3cccnc3)CCO2)n1. The van der Waals surface area contributed by atoms with Gasteiger partial charge in [0.25, 0.3) is 0 Å². The van der Waals surface area contributed by atoms with Crippen molar-refractivity contribution >= 4 is 5.91 Å². The van der Waals surface area contributed by atoms with Crippen LogP contribution in [0.3, 0.4) is 0 Å². The highest BCUT2D eigenvalue weighted by Crippen LogP contribution is 2.21. The Morgan fingerprint density at radius 3 is 3.00 bits per heavy atom. The third kappa shape index (κ3) is 4.43. The van der Waals surface area contributed by atoms with Crippen molar-refractivity contribution in [2.75, 3.05) is 33.3 Å². The second-order valence-corrected chi connectivity index (χ2v) is 6.58. The smallest absolute Gasteiger partial charge is 0.236 e. The Bertz CT molecular complexity index is 716. The molecule has 7 heteroatoms. The maximum atomic E-state index is 12.7. The molecule has 0 aliphatic carbocycles. The van der Waals surface area contributed by atoms with Crippen LogP contribution in [0.25, 0.3) is 0 Å². The molecular formula is C18H25N5O2. The summed E-state index contributed by atoms with van der Waals surface area (Å²) in [7, 11) is 3.91. The Balaban J connectivity index is 1.57. The summed E-state index contributed by atoms with van der Waals surface area (Å²) >= 11 is 0. The summed E-state index contributed by atoms with van der Waals surface area (Å²) in [5, 5.41) is 0. The molecule has 134 valence electrons. The van der Waals surface area contributed by atoms with Crippen LogP contribution in [0.1, 0.15) is 23.2 Å². The molecular weight excluding hydrogens is 318 g/mol. The zero-order valence-corrected chi connectivity index (χ0v) is 15.1. The van der Waals surface area contributed by atoms with Crippen molar-refractivity contribution in [2.24, 2.45) is 7.05 Å². The zero-order chi connectivity index (χ0) is 17.8. The van der Waals surface area contributed by atoms with E-state index in [1.54, 1.807) is 6.20 Å².